The molecule has 17 heavy (non-hydrogen) atoms. The van der Waals surface area contributed by atoms with Crippen LogP contribution in [0.25, 0.3) is 0 Å². The number of alkyl halides is 3. The van der Waals surface area contributed by atoms with Crippen molar-refractivity contribution < 1.29 is 18.0 Å². The summed E-state index contributed by atoms with van der Waals surface area (Å²) in [5, 5.41) is 2.73. The number of hydrogen-bond donors (Lipinski definition) is 1. The quantitative estimate of drug-likeness (QED) is 0.885. The number of nitrogens with one attached hydrogen (secondary N) is 1. The van der Waals surface area contributed by atoms with E-state index in [1.807, 2.05) is 0 Å². The zero-order valence-electron chi connectivity index (χ0n) is 9.38. The van der Waals surface area contributed by atoms with E-state index >= 15 is 0 Å². The Morgan fingerprint density at radius 1 is 1.53 bits per heavy atom. The van der Waals surface area contributed by atoms with E-state index in [-0.39, 0.29) is 5.56 Å². The molecule has 1 amide bonds. The maximum Gasteiger partial charge on any atom is 0.406 e. The van der Waals surface area contributed by atoms with Gasteiger partial charge in [0.15, 0.2) is 0 Å². The highest BCUT2D eigenvalue weighted by molar-refractivity contribution is 5.99. The van der Waals surface area contributed by atoms with Gasteiger partial charge in [-0.1, -0.05) is 0 Å². The Labute approximate surface area is 96.4 Å². The number of anilines is 1. The lowest BCUT2D eigenvalue weighted by atomic mass is 10.2. The van der Waals surface area contributed by atoms with Gasteiger partial charge in [-0.2, -0.15) is 13.2 Å². The molecule has 0 saturated carbocycles. The van der Waals surface area contributed by atoms with Gasteiger partial charge in [0, 0.05) is 32.2 Å². The minimum Gasteiger partial charge on any atom is -0.387 e. The van der Waals surface area contributed by atoms with Crippen LogP contribution in [0.15, 0.2) is 18.5 Å². The van der Waals surface area contributed by atoms with Crippen molar-refractivity contribution in [1.82, 2.24) is 9.88 Å². The molecule has 0 atom stereocenters. The van der Waals surface area contributed by atoms with Crippen molar-refractivity contribution in [3.8, 4) is 0 Å². The van der Waals surface area contributed by atoms with Crippen LogP contribution in [0.4, 0.5) is 18.9 Å². The molecule has 0 aliphatic heterocycles. The summed E-state index contributed by atoms with van der Waals surface area (Å²) in [6.07, 6.45) is -1.72. The third-order valence-corrected chi connectivity index (χ3v) is 2.08. The van der Waals surface area contributed by atoms with Crippen LogP contribution in [0.3, 0.4) is 0 Å². The monoisotopic (exact) mass is 247 g/mol. The largest absolute Gasteiger partial charge is 0.406 e. The van der Waals surface area contributed by atoms with Crippen molar-refractivity contribution in [1.29, 1.82) is 0 Å². The number of halogens is 3. The fourth-order valence-electron chi connectivity index (χ4n) is 1.33. The smallest absolute Gasteiger partial charge is 0.387 e. The molecule has 0 aliphatic carbocycles. The first-order valence-corrected chi connectivity index (χ1v) is 4.79. The van der Waals surface area contributed by atoms with Crippen molar-refractivity contribution >= 4 is 11.6 Å². The number of nitrogens with zero attached hydrogens (tertiary/aromatic N) is 2. The van der Waals surface area contributed by atoms with Gasteiger partial charge in [0.25, 0.3) is 5.91 Å². The molecule has 1 aromatic rings. The molecular weight excluding hydrogens is 235 g/mol. The van der Waals surface area contributed by atoms with Crippen LogP contribution < -0.4 is 5.32 Å². The summed E-state index contributed by atoms with van der Waals surface area (Å²) in [5.74, 6) is -0.722. The van der Waals surface area contributed by atoms with Crippen molar-refractivity contribution in [3.05, 3.63) is 24.0 Å². The lowest BCUT2D eigenvalue weighted by Gasteiger charge is -2.20. The highest BCUT2D eigenvalue weighted by Gasteiger charge is 2.32. The first kappa shape index (κ1) is 13.3. The molecule has 0 radical (unpaired) electrons. The van der Waals surface area contributed by atoms with Gasteiger partial charge in [0.05, 0.1) is 5.56 Å². The second-order valence-electron chi connectivity index (χ2n) is 3.45. The predicted octanol–water partition coefficient (Wildman–Crippen LogP) is 1.76. The molecule has 1 rings (SSSR count). The zero-order chi connectivity index (χ0) is 13.1. The van der Waals surface area contributed by atoms with Crippen molar-refractivity contribution in [2.45, 2.75) is 6.18 Å². The molecule has 0 fully saturated rings. The fourth-order valence-corrected chi connectivity index (χ4v) is 1.33. The predicted molar refractivity (Wildman–Crippen MR) is 56.8 cm³/mol. The minimum atomic E-state index is -4.41. The Hall–Kier alpha value is -1.79. The Morgan fingerprint density at radius 2 is 2.18 bits per heavy atom. The molecule has 0 saturated heterocycles. The van der Waals surface area contributed by atoms with E-state index in [9.17, 15) is 18.0 Å². The van der Waals surface area contributed by atoms with Crippen molar-refractivity contribution in [2.75, 3.05) is 26.0 Å². The second kappa shape index (κ2) is 5.03. The van der Waals surface area contributed by atoms with Crippen LogP contribution >= 0.6 is 0 Å². The van der Waals surface area contributed by atoms with Gasteiger partial charge in [-0.05, 0) is 6.07 Å². The van der Waals surface area contributed by atoms with Gasteiger partial charge in [0.1, 0.15) is 6.54 Å². The molecule has 4 nitrogen and oxygen atoms in total. The lowest BCUT2D eigenvalue weighted by Crippen LogP contribution is -2.36. The van der Waals surface area contributed by atoms with E-state index < -0.39 is 18.6 Å². The molecule has 1 N–H and O–H groups in total. The Bertz CT molecular complexity index is 406. The maximum atomic E-state index is 12.1. The number of hydrogen-bond acceptors (Lipinski definition) is 3. The molecule has 1 heterocycles. The average molecular weight is 247 g/mol. The average Bonchev–Trinajstić information content (AvgIpc) is 2.25. The highest BCUT2D eigenvalue weighted by Crippen LogP contribution is 2.19. The summed E-state index contributed by atoms with van der Waals surface area (Å²) >= 11 is 0. The molecular formula is C10H12F3N3O. The summed E-state index contributed by atoms with van der Waals surface area (Å²) in [5.41, 5.74) is 0.556. The number of carbonyl (C=O) groups is 1. The van der Waals surface area contributed by atoms with Gasteiger partial charge in [-0.15, -0.1) is 0 Å². The summed E-state index contributed by atoms with van der Waals surface area (Å²) in [6, 6.07) is 1.52. The summed E-state index contributed by atoms with van der Waals surface area (Å²) in [4.78, 5) is 16.1. The SMILES string of the molecule is CNc1ccncc1C(=O)N(C)CC(F)(F)F. The number of pyridine rings is 1. The van der Waals surface area contributed by atoms with Gasteiger partial charge < -0.3 is 10.2 Å². The maximum absolute atomic E-state index is 12.1. The van der Waals surface area contributed by atoms with Crippen molar-refractivity contribution in [3.63, 3.8) is 0 Å². The molecule has 0 unspecified atom stereocenters. The normalized spacial score (nSPS) is 11.1. The highest BCUT2D eigenvalue weighted by atomic mass is 19.4. The summed E-state index contributed by atoms with van der Waals surface area (Å²) < 4.78 is 36.4. The molecule has 0 aliphatic rings. The zero-order valence-corrected chi connectivity index (χ0v) is 9.38. The van der Waals surface area contributed by atoms with E-state index in [0.717, 1.165) is 7.05 Å². The van der Waals surface area contributed by atoms with Crippen LogP contribution in [0.2, 0.25) is 0 Å². The Balaban J connectivity index is 2.89. The van der Waals surface area contributed by atoms with E-state index in [1.54, 1.807) is 7.05 Å². The third-order valence-electron chi connectivity index (χ3n) is 2.08. The first-order valence-electron chi connectivity index (χ1n) is 4.79. The van der Waals surface area contributed by atoms with Gasteiger partial charge in [-0.25, -0.2) is 0 Å². The van der Waals surface area contributed by atoms with Crippen LogP contribution in [-0.2, 0) is 0 Å². The van der Waals surface area contributed by atoms with Crippen molar-refractivity contribution in [2.24, 2.45) is 0 Å². The van der Waals surface area contributed by atoms with Crippen LogP contribution in [0, 0.1) is 0 Å². The van der Waals surface area contributed by atoms with Gasteiger partial charge >= 0.3 is 6.18 Å². The molecule has 0 spiro atoms. The first-order chi connectivity index (χ1) is 7.85. The minimum absolute atomic E-state index is 0.113. The lowest BCUT2D eigenvalue weighted by molar-refractivity contribution is -0.138. The number of carbonyl (C=O) groups excluding carboxylic acids is 1. The van der Waals surface area contributed by atoms with E-state index in [0.29, 0.717) is 10.6 Å². The standard InChI is InChI=1S/C10H12F3N3O/c1-14-8-3-4-15-5-7(8)9(17)16(2)6-10(11,12)13/h3-5H,6H2,1-2H3,(H,14,15). The van der Waals surface area contributed by atoms with E-state index in [4.69, 9.17) is 0 Å². The number of rotatable bonds is 3. The second-order valence-corrected chi connectivity index (χ2v) is 3.45. The Morgan fingerprint density at radius 3 is 2.71 bits per heavy atom. The third kappa shape index (κ3) is 3.61. The van der Waals surface area contributed by atoms with Crippen LogP contribution in [-0.4, -0.2) is 42.6 Å². The molecule has 1 aromatic heterocycles. The van der Waals surface area contributed by atoms with Gasteiger partial charge in [-0.3, -0.25) is 9.78 Å². The Kier molecular flexibility index (Phi) is 3.93. The van der Waals surface area contributed by atoms with E-state index in [2.05, 4.69) is 10.3 Å². The van der Waals surface area contributed by atoms with E-state index in [1.165, 1.54) is 18.5 Å². The van der Waals surface area contributed by atoms with Crippen LogP contribution in [0.5, 0.6) is 0 Å². The molecule has 0 aromatic carbocycles. The molecule has 94 valence electrons. The van der Waals surface area contributed by atoms with Gasteiger partial charge in [0.2, 0.25) is 0 Å². The topological polar surface area (TPSA) is 45.2 Å². The number of aromatic nitrogens is 1. The fraction of sp³-hybridized carbons (Fsp3) is 0.400. The van der Waals surface area contributed by atoms with Crippen LogP contribution in [0.1, 0.15) is 10.4 Å². The molecule has 7 heteroatoms. The molecule has 0 bridgehead atoms. The summed E-state index contributed by atoms with van der Waals surface area (Å²) in [6.45, 7) is -1.29. The summed E-state index contributed by atoms with van der Waals surface area (Å²) in [7, 11) is 2.68. The number of amides is 1.